The monoisotopic (exact) mass is 257 g/mol. The predicted octanol–water partition coefficient (Wildman–Crippen LogP) is 2.28. The number of rotatable bonds is 3. The highest BCUT2D eigenvalue weighted by Crippen LogP contribution is 2.26. The molecule has 0 amide bonds. The molecule has 2 rings (SSSR count). The molecule has 2 aromatic rings. The van der Waals surface area contributed by atoms with E-state index in [2.05, 4.69) is 0 Å². The third-order valence-corrected chi connectivity index (χ3v) is 3.33. The molecule has 0 aliphatic rings. The summed E-state index contributed by atoms with van der Waals surface area (Å²) in [5.41, 5.74) is 6.52. The van der Waals surface area contributed by atoms with Crippen LogP contribution >= 0.6 is 23.7 Å². The zero-order chi connectivity index (χ0) is 10.8. The predicted molar refractivity (Wildman–Crippen MR) is 68.4 cm³/mol. The summed E-state index contributed by atoms with van der Waals surface area (Å²) in [4.78, 5) is 10.6. The van der Waals surface area contributed by atoms with Gasteiger partial charge in [0.2, 0.25) is 0 Å². The van der Waals surface area contributed by atoms with Crippen LogP contribution in [0.15, 0.2) is 29.6 Å². The molecule has 0 bridgehead atoms. The molecule has 0 unspecified atom stereocenters. The van der Waals surface area contributed by atoms with Crippen LogP contribution in [0.4, 0.5) is 0 Å². The Balaban J connectivity index is 0.00000128. The van der Waals surface area contributed by atoms with Gasteiger partial charge in [0.05, 0.1) is 0 Å². The molecule has 0 spiro atoms. The van der Waals surface area contributed by atoms with Crippen LogP contribution < -0.4 is 5.73 Å². The first kappa shape index (κ1) is 13.0. The normalized spacial score (nSPS) is 12.1. The maximum Gasteiger partial charge on any atom is 0.320 e. The molecule has 1 heterocycles. The third-order valence-electron chi connectivity index (χ3n) is 2.32. The molecular formula is C11H12ClNO2S. The fraction of sp³-hybridized carbons (Fsp3) is 0.182. The first-order valence-corrected chi connectivity index (χ1v) is 5.50. The third kappa shape index (κ3) is 2.52. The van der Waals surface area contributed by atoms with Crippen molar-refractivity contribution in [2.45, 2.75) is 12.5 Å². The van der Waals surface area contributed by atoms with Crippen LogP contribution in [-0.4, -0.2) is 17.1 Å². The molecule has 0 fully saturated rings. The second kappa shape index (κ2) is 5.30. The second-order valence-electron chi connectivity index (χ2n) is 3.41. The van der Waals surface area contributed by atoms with Gasteiger partial charge in [-0.15, -0.1) is 23.7 Å². The summed E-state index contributed by atoms with van der Waals surface area (Å²) in [6.07, 6.45) is 0.388. The molecule has 0 aliphatic carbocycles. The Morgan fingerprint density at radius 1 is 1.44 bits per heavy atom. The highest BCUT2D eigenvalue weighted by molar-refractivity contribution is 7.17. The summed E-state index contributed by atoms with van der Waals surface area (Å²) in [5, 5.41) is 11.8. The molecule has 3 nitrogen and oxygen atoms in total. The molecule has 0 aliphatic heterocycles. The minimum Gasteiger partial charge on any atom is -0.480 e. The van der Waals surface area contributed by atoms with E-state index < -0.39 is 12.0 Å². The van der Waals surface area contributed by atoms with Crippen LogP contribution in [-0.2, 0) is 11.2 Å². The molecule has 16 heavy (non-hydrogen) atoms. The maximum atomic E-state index is 10.6. The fourth-order valence-electron chi connectivity index (χ4n) is 1.52. The number of carboxylic acid groups (broad SMARTS) is 1. The van der Waals surface area contributed by atoms with E-state index in [1.54, 1.807) is 11.3 Å². The number of nitrogens with two attached hydrogens (primary N) is 1. The van der Waals surface area contributed by atoms with Gasteiger partial charge in [0.15, 0.2) is 0 Å². The number of hydrogen-bond donors (Lipinski definition) is 2. The molecule has 1 atom stereocenters. The van der Waals surface area contributed by atoms with Crippen molar-refractivity contribution in [1.29, 1.82) is 0 Å². The van der Waals surface area contributed by atoms with Crippen molar-refractivity contribution in [3.8, 4) is 0 Å². The Labute approximate surface area is 103 Å². The number of hydrogen-bond acceptors (Lipinski definition) is 3. The Morgan fingerprint density at radius 2 is 2.12 bits per heavy atom. The van der Waals surface area contributed by atoms with E-state index in [0.29, 0.717) is 6.42 Å². The maximum absolute atomic E-state index is 10.6. The van der Waals surface area contributed by atoms with Gasteiger partial charge in [-0.25, -0.2) is 0 Å². The number of aliphatic carboxylic acids is 1. The second-order valence-corrected chi connectivity index (χ2v) is 4.32. The molecule has 86 valence electrons. The molecular weight excluding hydrogens is 246 g/mol. The smallest absolute Gasteiger partial charge is 0.320 e. The van der Waals surface area contributed by atoms with Gasteiger partial charge < -0.3 is 10.8 Å². The first-order chi connectivity index (χ1) is 7.18. The summed E-state index contributed by atoms with van der Waals surface area (Å²) in [5.74, 6) is -0.953. The van der Waals surface area contributed by atoms with Crippen molar-refractivity contribution < 1.29 is 9.90 Å². The average molecular weight is 258 g/mol. The zero-order valence-electron chi connectivity index (χ0n) is 8.42. The number of carboxylic acids is 1. The van der Waals surface area contributed by atoms with E-state index in [0.717, 1.165) is 10.9 Å². The van der Waals surface area contributed by atoms with Gasteiger partial charge in [-0.1, -0.05) is 18.2 Å². The molecule has 5 heteroatoms. The minimum atomic E-state index is -0.953. The van der Waals surface area contributed by atoms with Gasteiger partial charge in [-0.05, 0) is 28.8 Å². The largest absolute Gasteiger partial charge is 0.480 e. The molecule has 3 N–H and O–H groups in total. The van der Waals surface area contributed by atoms with Crippen molar-refractivity contribution in [2.24, 2.45) is 5.73 Å². The summed E-state index contributed by atoms with van der Waals surface area (Å²) in [6.45, 7) is 0. The van der Waals surface area contributed by atoms with Crippen molar-refractivity contribution >= 4 is 39.8 Å². The van der Waals surface area contributed by atoms with Gasteiger partial charge in [0.1, 0.15) is 6.04 Å². The van der Waals surface area contributed by atoms with Crippen LogP contribution in [0.25, 0.3) is 10.1 Å². The molecule has 1 aromatic carbocycles. The van der Waals surface area contributed by atoms with Crippen molar-refractivity contribution in [1.82, 2.24) is 0 Å². The number of carbonyl (C=O) groups is 1. The minimum absolute atomic E-state index is 0. The van der Waals surface area contributed by atoms with Crippen LogP contribution in [0, 0.1) is 0 Å². The highest BCUT2D eigenvalue weighted by atomic mass is 35.5. The van der Waals surface area contributed by atoms with E-state index in [9.17, 15) is 4.79 Å². The summed E-state index contributed by atoms with van der Waals surface area (Å²) in [6, 6.07) is 7.12. The quantitative estimate of drug-likeness (QED) is 0.887. The van der Waals surface area contributed by atoms with Crippen LogP contribution in [0.2, 0.25) is 0 Å². The van der Waals surface area contributed by atoms with Crippen LogP contribution in [0.5, 0.6) is 0 Å². The highest BCUT2D eigenvalue weighted by Gasteiger charge is 2.14. The van der Waals surface area contributed by atoms with E-state index >= 15 is 0 Å². The SMILES string of the molecule is Cl.N[C@H](Cc1csc2ccccc12)C(=O)O. The van der Waals surface area contributed by atoms with Gasteiger partial charge in [0.25, 0.3) is 0 Å². The number of thiophene rings is 1. The van der Waals surface area contributed by atoms with E-state index in [1.807, 2.05) is 29.6 Å². The van der Waals surface area contributed by atoms with Crippen LogP contribution in [0.3, 0.4) is 0 Å². The zero-order valence-corrected chi connectivity index (χ0v) is 10.1. The lowest BCUT2D eigenvalue weighted by Gasteiger charge is -2.04. The van der Waals surface area contributed by atoms with Gasteiger partial charge in [-0.3, -0.25) is 4.79 Å². The number of halogens is 1. The molecule has 0 saturated heterocycles. The van der Waals surface area contributed by atoms with Crippen molar-refractivity contribution in [3.63, 3.8) is 0 Å². The average Bonchev–Trinajstić information content (AvgIpc) is 2.62. The van der Waals surface area contributed by atoms with Crippen molar-refractivity contribution in [2.75, 3.05) is 0 Å². The summed E-state index contributed by atoms with van der Waals surface area (Å²) >= 11 is 1.62. The number of fused-ring (bicyclic) bond motifs is 1. The van der Waals surface area contributed by atoms with Gasteiger partial charge in [-0.2, -0.15) is 0 Å². The van der Waals surface area contributed by atoms with E-state index in [-0.39, 0.29) is 12.4 Å². The Kier molecular flexibility index (Phi) is 4.29. The van der Waals surface area contributed by atoms with E-state index in [4.69, 9.17) is 10.8 Å². The molecule has 0 saturated carbocycles. The van der Waals surface area contributed by atoms with E-state index in [1.165, 1.54) is 4.70 Å². The Morgan fingerprint density at radius 3 is 2.81 bits per heavy atom. The number of benzene rings is 1. The standard InChI is InChI=1S/C11H11NO2S.ClH/c12-9(11(13)14)5-7-6-15-10-4-2-1-3-8(7)10;/h1-4,6,9H,5,12H2,(H,13,14);1H/t9-;/m1./s1. The Hall–Kier alpha value is -1.10. The Bertz CT molecular complexity index is 497. The van der Waals surface area contributed by atoms with Crippen molar-refractivity contribution in [3.05, 3.63) is 35.2 Å². The fourth-order valence-corrected chi connectivity index (χ4v) is 2.49. The lowest BCUT2D eigenvalue weighted by Crippen LogP contribution is -2.32. The molecule has 0 radical (unpaired) electrons. The lowest BCUT2D eigenvalue weighted by molar-refractivity contribution is -0.138. The lowest BCUT2D eigenvalue weighted by atomic mass is 10.1. The summed E-state index contributed by atoms with van der Waals surface area (Å²) in [7, 11) is 0. The first-order valence-electron chi connectivity index (χ1n) is 4.62. The van der Waals surface area contributed by atoms with Gasteiger partial charge >= 0.3 is 5.97 Å². The van der Waals surface area contributed by atoms with Crippen LogP contribution in [0.1, 0.15) is 5.56 Å². The molecule has 1 aromatic heterocycles. The van der Waals surface area contributed by atoms with Gasteiger partial charge in [0, 0.05) is 4.70 Å². The summed E-state index contributed by atoms with van der Waals surface area (Å²) < 4.78 is 1.17. The topological polar surface area (TPSA) is 63.3 Å².